The topological polar surface area (TPSA) is 94.8 Å². The molecule has 0 aromatic carbocycles. The van der Waals surface area contributed by atoms with Gasteiger partial charge in [-0.1, -0.05) is 6.08 Å². The van der Waals surface area contributed by atoms with Gasteiger partial charge in [-0.2, -0.15) is 0 Å². The van der Waals surface area contributed by atoms with E-state index in [0.717, 1.165) is 6.08 Å². The monoisotopic (exact) mass is 204 g/mol. The van der Waals surface area contributed by atoms with E-state index in [4.69, 9.17) is 15.3 Å². The maximum atomic E-state index is 10.1. The Hall–Kier alpha value is -1.36. The van der Waals surface area contributed by atoms with Crippen LogP contribution in [0.2, 0.25) is 0 Å². The van der Waals surface area contributed by atoms with Gasteiger partial charge in [-0.25, -0.2) is 4.79 Å². The molecule has 82 valence electrons. The summed E-state index contributed by atoms with van der Waals surface area (Å²) in [5, 5.41) is 24.5. The molecule has 0 heterocycles. The van der Waals surface area contributed by atoms with Crippen LogP contribution in [0.4, 0.5) is 0 Å². The zero-order valence-corrected chi connectivity index (χ0v) is 8.52. The number of carboxylic acid groups (broad SMARTS) is 2. The van der Waals surface area contributed by atoms with E-state index < -0.39 is 17.4 Å². The van der Waals surface area contributed by atoms with Crippen molar-refractivity contribution >= 4 is 11.9 Å². The van der Waals surface area contributed by atoms with Crippen LogP contribution >= 0.6 is 0 Å². The quantitative estimate of drug-likeness (QED) is 0.589. The molecule has 0 aliphatic rings. The van der Waals surface area contributed by atoms with Crippen LogP contribution in [0.3, 0.4) is 0 Å². The van der Waals surface area contributed by atoms with E-state index in [1.165, 1.54) is 19.9 Å². The van der Waals surface area contributed by atoms with Crippen LogP contribution in [-0.4, -0.2) is 33.9 Å². The van der Waals surface area contributed by atoms with Crippen molar-refractivity contribution in [3.8, 4) is 0 Å². The molecule has 5 nitrogen and oxygen atoms in total. The first-order valence-corrected chi connectivity index (χ1v) is 3.97. The van der Waals surface area contributed by atoms with E-state index in [-0.39, 0.29) is 6.61 Å². The largest absolute Gasteiger partial charge is 0.481 e. The van der Waals surface area contributed by atoms with Crippen LogP contribution in [0, 0.1) is 5.41 Å². The molecular formula is C9H16O5. The summed E-state index contributed by atoms with van der Waals surface area (Å²) in [6.45, 7) is 4.28. The van der Waals surface area contributed by atoms with Gasteiger partial charge in [-0.15, -0.1) is 0 Å². The predicted molar refractivity (Wildman–Crippen MR) is 51.0 cm³/mol. The maximum absolute atomic E-state index is 10.1. The third kappa shape index (κ3) is 8.73. The van der Waals surface area contributed by atoms with E-state index in [1.54, 1.807) is 6.92 Å². The SMILES string of the molecule is CC(C)(CO)C(=O)O.CC=CC(=O)O. The van der Waals surface area contributed by atoms with Crippen LogP contribution < -0.4 is 0 Å². The highest BCUT2D eigenvalue weighted by Gasteiger charge is 2.25. The van der Waals surface area contributed by atoms with E-state index in [9.17, 15) is 9.59 Å². The van der Waals surface area contributed by atoms with Crippen molar-refractivity contribution < 1.29 is 24.9 Å². The van der Waals surface area contributed by atoms with Gasteiger partial charge in [0.05, 0.1) is 12.0 Å². The van der Waals surface area contributed by atoms with Crippen molar-refractivity contribution in [1.29, 1.82) is 0 Å². The van der Waals surface area contributed by atoms with Gasteiger partial charge in [0.15, 0.2) is 0 Å². The Kier molecular flexibility index (Phi) is 7.65. The van der Waals surface area contributed by atoms with Gasteiger partial charge in [-0.3, -0.25) is 4.79 Å². The highest BCUT2D eigenvalue weighted by molar-refractivity contribution is 5.79. The zero-order chi connectivity index (χ0) is 11.8. The molecule has 0 aliphatic heterocycles. The molecule has 0 amide bonds. The second-order valence-electron chi connectivity index (χ2n) is 3.19. The van der Waals surface area contributed by atoms with Gasteiger partial charge in [0.1, 0.15) is 0 Å². The Morgan fingerprint density at radius 3 is 1.71 bits per heavy atom. The highest BCUT2D eigenvalue weighted by atomic mass is 16.4. The molecule has 0 radical (unpaired) electrons. The molecule has 0 aromatic heterocycles. The minimum atomic E-state index is -0.986. The van der Waals surface area contributed by atoms with Crippen LogP contribution in [0.25, 0.3) is 0 Å². The molecule has 3 N–H and O–H groups in total. The average Bonchev–Trinajstić information content (AvgIpc) is 2.05. The van der Waals surface area contributed by atoms with Crippen molar-refractivity contribution in [2.75, 3.05) is 6.61 Å². The summed E-state index contributed by atoms with van der Waals surface area (Å²) in [7, 11) is 0. The van der Waals surface area contributed by atoms with E-state index in [1.807, 2.05) is 0 Å². The minimum Gasteiger partial charge on any atom is -0.481 e. The lowest BCUT2D eigenvalue weighted by molar-refractivity contribution is -0.149. The molecule has 0 aromatic rings. The van der Waals surface area contributed by atoms with Gasteiger partial charge >= 0.3 is 11.9 Å². The zero-order valence-electron chi connectivity index (χ0n) is 8.52. The minimum absolute atomic E-state index is 0.317. The van der Waals surface area contributed by atoms with Crippen molar-refractivity contribution in [2.24, 2.45) is 5.41 Å². The lowest BCUT2D eigenvalue weighted by atomic mass is 9.96. The highest BCUT2D eigenvalue weighted by Crippen LogP contribution is 2.12. The molecule has 0 rings (SSSR count). The van der Waals surface area contributed by atoms with E-state index in [2.05, 4.69) is 0 Å². The van der Waals surface area contributed by atoms with Gasteiger partial charge in [-0.05, 0) is 20.8 Å². The number of aliphatic hydroxyl groups is 1. The van der Waals surface area contributed by atoms with Gasteiger partial charge < -0.3 is 15.3 Å². The molecule has 0 spiro atoms. The third-order valence-corrected chi connectivity index (χ3v) is 1.28. The molecule has 0 unspecified atom stereocenters. The van der Waals surface area contributed by atoms with Crippen LogP contribution in [-0.2, 0) is 9.59 Å². The summed E-state index contributed by atoms with van der Waals surface area (Å²) in [4.78, 5) is 19.6. The second kappa shape index (κ2) is 7.08. The van der Waals surface area contributed by atoms with Crippen molar-refractivity contribution in [1.82, 2.24) is 0 Å². The Labute approximate surface area is 82.7 Å². The molecule has 5 heteroatoms. The molecule has 0 aliphatic carbocycles. The predicted octanol–water partition coefficient (Wildman–Crippen LogP) is 0.737. The third-order valence-electron chi connectivity index (χ3n) is 1.28. The number of carboxylic acids is 2. The Bertz CT molecular complexity index is 217. The molecule has 0 bridgehead atoms. The van der Waals surface area contributed by atoms with Crippen LogP contribution in [0.1, 0.15) is 20.8 Å². The van der Waals surface area contributed by atoms with Gasteiger partial charge in [0.2, 0.25) is 0 Å². The number of allylic oxidation sites excluding steroid dienone is 1. The summed E-state index contributed by atoms with van der Waals surface area (Å²) in [6, 6.07) is 0. The van der Waals surface area contributed by atoms with Crippen LogP contribution in [0.15, 0.2) is 12.2 Å². The fourth-order valence-corrected chi connectivity index (χ4v) is 0.210. The summed E-state index contributed by atoms with van der Waals surface area (Å²) in [5.41, 5.74) is -0.986. The van der Waals surface area contributed by atoms with Crippen LogP contribution in [0.5, 0.6) is 0 Å². The van der Waals surface area contributed by atoms with Crippen molar-refractivity contribution in [3.63, 3.8) is 0 Å². The first kappa shape index (κ1) is 15.1. The van der Waals surface area contributed by atoms with Crippen molar-refractivity contribution in [3.05, 3.63) is 12.2 Å². The van der Waals surface area contributed by atoms with Crippen molar-refractivity contribution in [2.45, 2.75) is 20.8 Å². The van der Waals surface area contributed by atoms with E-state index >= 15 is 0 Å². The van der Waals surface area contributed by atoms with Gasteiger partial charge in [0, 0.05) is 6.08 Å². The number of carbonyl (C=O) groups is 2. The Morgan fingerprint density at radius 2 is 1.71 bits per heavy atom. The maximum Gasteiger partial charge on any atom is 0.327 e. The second-order valence-corrected chi connectivity index (χ2v) is 3.19. The number of rotatable bonds is 3. The lowest BCUT2D eigenvalue weighted by Gasteiger charge is -2.13. The molecule has 14 heavy (non-hydrogen) atoms. The summed E-state index contributed by atoms with van der Waals surface area (Å²) >= 11 is 0. The fourth-order valence-electron chi connectivity index (χ4n) is 0.210. The average molecular weight is 204 g/mol. The Balaban J connectivity index is 0. The number of aliphatic carboxylic acids is 2. The fraction of sp³-hybridized carbons (Fsp3) is 0.556. The number of hydrogen-bond donors (Lipinski definition) is 3. The molecule has 0 saturated heterocycles. The summed E-state index contributed by atoms with van der Waals surface area (Å²) in [5.74, 6) is -1.86. The standard InChI is InChI=1S/C5H10O3.C4H6O2/c1-5(2,3-6)4(7)8;1-2-3-4(5)6/h6H,3H2,1-2H3,(H,7,8);2-3H,1H3,(H,5,6). The molecular weight excluding hydrogens is 188 g/mol. The Morgan fingerprint density at radius 1 is 1.29 bits per heavy atom. The normalized spacial score (nSPS) is 10.6. The smallest absolute Gasteiger partial charge is 0.327 e. The summed E-state index contributed by atoms with van der Waals surface area (Å²) in [6.07, 6.45) is 2.56. The van der Waals surface area contributed by atoms with E-state index in [0.29, 0.717) is 0 Å². The summed E-state index contributed by atoms with van der Waals surface area (Å²) < 4.78 is 0. The number of aliphatic hydroxyl groups excluding tert-OH is 1. The lowest BCUT2D eigenvalue weighted by Crippen LogP contribution is -2.27. The first-order valence-electron chi connectivity index (χ1n) is 3.97. The van der Waals surface area contributed by atoms with Gasteiger partial charge in [0.25, 0.3) is 0 Å². The molecule has 0 atom stereocenters. The molecule has 0 saturated carbocycles. The number of hydrogen-bond acceptors (Lipinski definition) is 3. The first-order chi connectivity index (χ1) is 6.27. The molecule has 0 fully saturated rings.